The van der Waals surface area contributed by atoms with Crippen LogP contribution in [0, 0.1) is 11.8 Å². The van der Waals surface area contributed by atoms with Gasteiger partial charge in [-0.1, -0.05) is 33.8 Å². The molecule has 16 heavy (non-hydrogen) atoms. The SMILES string of the molecule is CC(C)CNCC(C)C(C)c1cccnc1. The fourth-order valence-corrected chi connectivity index (χ4v) is 1.75. The topological polar surface area (TPSA) is 24.9 Å². The van der Waals surface area contributed by atoms with Crippen molar-refractivity contribution < 1.29 is 0 Å². The summed E-state index contributed by atoms with van der Waals surface area (Å²) in [5.41, 5.74) is 1.33. The number of pyridine rings is 1. The van der Waals surface area contributed by atoms with Gasteiger partial charge in [0.25, 0.3) is 0 Å². The molecule has 0 fully saturated rings. The van der Waals surface area contributed by atoms with Gasteiger partial charge in [-0.2, -0.15) is 0 Å². The maximum atomic E-state index is 4.18. The fraction of sp³-hybridized carbons (Fsp3) is 0.643. The van der Waals surface area contributed by atoms with Gasteiger partial charge in [-0.05, 0) is 42.5 Å². The molecule has 0 bridgehead atoms. The highest BCUT2D eigenvalue weighted by Crippen LogP contribution is 2.22. The van der Waals surface area contributed by atoms with Crippen LogP contribution in [-0.2, 0) is 0 Å². The van der Waals surface area contributed by atoms with E-state index in [9.17, 15) is 0 Å². The van der Waals surface area contributed by atoms with E-state index in [4.69, 9.17) is 0 Å². The van der Waals surface area contributed by atoms with Gasteiger partial charge in [-0.15, -0.1) is 0 Å². The molecule has 0 amide bonds. The summed E-state index contributed by atoms with van der Waals surface area (Å²) in [5.74, 6) is 1.93. The van der Waals surface area contributed by atoms with Crippen molar-refractivity contribution in [2.45, 2.75) is 33.6 Å². The second-order valence-corrected chi connectivity index (χ2v) is 5.10. The first kappa shape index (κ1) is 13.2. The predicted molar refractivity (Wildman–Crippen MR) is 69.5 cm³/mol. The van der Waals surface area contributed by atoms with Gasteiger partial charge in [0.2, 0.25) is 0 Å². The molecule has 0 saturated heterocycles. The Morgan fingerprint density at radius 3 is 2.50 bits per heavy atom. The average Bonchev–Trinajstić information content (AvgIpc) is 2.28. The standard InChI is InChI=1S/C14H24N2/c1-11(2)8-16-9-12(3)13(4)14-6-5-7-15-10-14/h5-7,10-13,16H,8-9H2,1-4H3. The summed E-state index contributed by atoms with van der Waals surface area (Å²) in [6, 6.07) is 4.18. The second kappa shape index (κ2) is 6.64. The first-order valence-electron chi connectivity index (χ1n) is 6.22. The fourth-order valence-electron chi connectivity index (χ4n) is 1.75. The van der Waals surface area contributed by atoms with Gasteiger partial charge in [0, 0.05) is 12.4 Å². The molecule has 0 aliphatic heterocycles. The molecule has 2 heteroatoms. The van der Waals surface area contributed by atoms with Crippen LogP contribution in [0.4, 0.5) is 0 Å². The van der Waals surface area contributed by atoms with E-state index >= 15 is 0 Å². The quantitative estimate of drug-likeness (QED) is 0.797. The van der Waals surface area contributed by atoms with Gasteiger partial charge in [0.15, 0.2) is 0 Å². The van der Waals surface area contributed by atoms with Crippen LogP contribution in [0.5, 0.6) is 0 Å². The predicted octanol–water partition coefficient (Wildman–Crippen LogP) is 3.07. The van der Waals surface area contributed by atoms with Crippen molar-refractivity contribution in [1.82, 2.24) is 10.3 Å². The minimum Gasteiger partial charge on any atom is -0.316 e. The Morgan fingerprint density at radius 2 is 1.94 bits per heavy atom. The first-order valence-corrected chi connectivity index (χ1v) is 6.22. The van der Waals surface area contributed by atoms with Crippen LogP contribution in [0.25, 0.3) is 0 Å². The molecule has 0 spiro atoms. The van der Waals surface area contributed by atoms with Crippen molar-refractivity contribution in [1.29, 1.82) is 0 Å². The third kappa shape index (κ3) is 4.31. The minimum absolute atomic E-state index is 0.563. The highest BCUT2D eigenvalue weighted by Gasteiger charge is 2.13. The lowest BCUT2D eigenvalue weighted by atomic mass is 9.90. The van der Waals surface area contributed by atoms with Crippen molar-refractivity contribution in [3.05, 3.63) is 30.1 Å². The molecule has 1 N–H and O–H groups in total. The van der Waals surface area contributed by atoms with Crippen LogP contribution in [0.3, 0.4) is 0 Å². The van der Waals surface area contributed by atoms with Crippen molar-refractivity contribution >= 4 is 0 Å². The Balaban J connectivity index is 2.39. The maximum absolute atomic E-state index is 4.18. The molecule has 0 radical (unpaired) electrons. The van der Waals surface area contributed by atoms with Gasteiger partial charge >= 0.3 is 0 Å². The Morgan fingerprint density at radius 1 is 1.19 bits per heavy atom. The molecule has 1 aromatic heterocycles. The molecule has 1 aromatic rings. The van der Waals surface area contributed by atoms with Crippen LogP contribution in [0.2, 0.25) is 0 Å². The molecule has 0 aliphatic rings. The molecule has 2 atom stereocenters. The summed E-state index contributed by atoms with van der Waals surface area (Å²) in [7, 11) is 0. The molecule has 0 aliphatic carbocycles. The number of nitrogens with one attached hydrogen (secondary N) is 1. The lowest BCUT2D eigenvalue weighted by molar-refractivity contribution is 0.428. The van der Waals surface area contributed by atoms with E-state index < -0.39 is 0 Å². The molecule has 2 unspecified atom stereocenters. The van der Waals surface area contributed by atoms with Crippen molar-refractivity contribution in [2.75, 3.05) is 13.1 Å². The maximum Gasteiger partial charge on any atom is 0.0302 e. The van der Waals surface area contributed by atoms with E-state index in [-0.39, 0.29) is 0 Å². The van der Waals surface area contributed by atoms with Crippen LogP contribution in [-0.4, -0.2) is 18.1 Å². The van der Waals surface area contributed by atoms with Gasteiger partial charge in [0.05, 0.1) is 0 Å². The lowest BCUT2D eigenvalue weighted by Gasteiger charge is -2.21. The molecule has 1 rings (SSSR count). The molecule has 0 saturated carbocycles. The zero-order valence-electron chi connectivity index (χ0n) is 10.9. The minimum atomic E-state index is 0.563. The molecular weight excluding hydrogens is 196 g/mol. The van der Waals surface area contributed by atoms with Crippen LogP contribution < -0.4 is 5.32 Å². The van der Waals surface area contributed by atoms with Crippen molar-refractivity contribution in [2.24, 2.45) is 11.8 Å². The summed E-state index contributed by atoms with van der Waals surface area (Å²) in [6.07, 6.45) is 3.81. The number of nitrogens with zero attached hydrogens (tertiary/aromatic N) is 1. The number of hydrogen-bond acceptors (Lipinski definition) is 2. The summed E-state index contributed by atoms with van der Waals surface area (Å²) >= 11 is 0. The first-order chi connectivity index (χ1) is 7.61. The zero-order chi connectivity index (χ0) is 12.0. The van der Waals surface area contributed by atoms with Gasteiger partial charge in [-0.3, -0.25) is 4.98 Å². The van der Waals surface area contributed by atoms with E-state index in [0.29, 0.717) is 11.8 Å². The largest absolute Gasteiger partial charge is 0.316 e. The third-order valence-electron chi connectivity index (χ3n) is 3.08. The van der Waals surface area contributed by atoms with Crippen molar-refractivity contribution in [3.8, 4) is 0 Å². The van der Waals surface area contributed by atoms with Gasteiger partial charge in [-0.25, -0.2) is 0 Å². The third-order valence-corrected chi connectivity index (χ3v) is 3.08. The van der Waals surface area contributed by atoms with Crippen LogP contribution >= 0.6 is 0 Å². The average molecular weight is 220 g/mol. The Bertz CT molecular complexity index is 282. The van der Waals surface area contributed by atoms with E-state index in [1.165, 1.54) is 5.56 Å². The Kier molecular flexibility index (Phi) is 5.47. The molecule has 1 heterocycles. The zero-order valence-corrected chi connectivity index (χ0v) is 10.9. The Labute approximate surface area is 99.5 Å². The molecule has 90 valence electrons. The number of hydrogen-bond donors (Lipinski definition) is 1. The van der Waals surface area contributed by atoms with Crippen molar-refractivity contribution in [3.63, 3.8) is 0 Å². The van der Waals surface area contributed by atoms with Gasteiger partial charge < -0.3 is 5.32 Å². The van der Waals surface area contributed by atoms with E-state index in [1.54, 1.807) is 0 Å². The number of aromatic nitrogens is 1. The summed E-state index contributed by atoms with van der Waals surface area (Å²) < 4.78 is 0. The molecule has 0 aromatic carbocycles. The van der Waals surface area contributed by atoms with Gasteiger partial charge in [0.1, 0.15) is 0 Å². The highest BCUT2D eigenvalue weighted by atomic mass is 14.9. The monoisotopic (exact) mass is 220 g/mol. The normalized spacial score (nSPS) is 15.1. The molecular formula is C14H24N2. The second-order valence-electron chi connectivity index (χ2n) is 5.10. The summed E-state index contributed by atoms with van der Waals surface area (Å²) in [6.45, 7) is 11.2. The lowest BCUT2D eigenvalue weighted by Crippen LogP contribution is -2.27. The van der Waals surface area contributed by atoms with Crippen LogP contribution in [0.15, 0.2) is 24.5 Å². The highest BCUT2D eigenvalue weighted by molar-refractivity contribution is 5.14. The van der Waals surface area contributed by atoms with E-state index in [2.05, 4.69) is 44.1 Å². The van der Waals surface area contributed by atoms with E-state index in [1.807, 2.05) is 18.5 Å². The van der Waals surface area contributed by atoms with E-state index in [0.717, 1.165) is 19.0 Å². The van der Waals surface area contributed by atoms with Crippen LogP contribution in [0.1, 0.15) is 39.2 Å². The summed E-state index contributed by atoms with van der Waals surface area (Å²) in [5, 5.41) is 3.51. The summed E-state index contributed by atoms with van der Waals surface area (Å²) in [4.78, 5) is 4.18. The smallest absolute Gasteiger partial charge is 0.0302 e. The Hall–Kier alpha value is -0.890. The number of rotatable bonds is 6. The molecule has 2 nitrogen and oxygen atoms in total.